The summed E-state index contributed by atoms with van der Waals surface area (Å²) in [5, 5.41) is 8.94. The molecule has 0 saturated heterocycles. The number of imidazole rings is 1. The third kappa shape index (κ3) is 2.59. The van der Waals surface area contributed by atoms with E-state index in [0.717, 1.165) is 5.56 Å². The summed E-state index contributed by atoms with van der Waals surface area (Å²) in [6.07, 6.45) is 0.356. The van der Waals surface area contributed by atoms with Crippen LogP contribution in [0, 0.1) is 10.6 Å². The Morgan fingerprint density at radius 3 is 2.53 bits per heavy atom. The number of aromatic amines is 2. The molecule has 0 radical (unpaired) electrons. The molecule has 0 aliphatic heterocycles. The Bertz CT molecular complexity index is 601. The average molecular weight is 252 g/mol. The van der Waals surface area contributed by atoms with Crippen molar-refractivity contribution in [2.24, 2.45) is 0 Å². The number of aromatic nitrogens is 2. The van der Waals surface area contributed by atoms with Crippen molar-refractivity contribution >= 4 is 18.2 Å². The van der Waals surface area contributed by atoms with Gasteiger partial charge >= 0.3 is 5.97 Å². The van der Waals surface area contributed by atoms with E-state index in [0.29, 0.717) is 12.1 Å². The zero-order valence-electron chi connectivity index (χ0n) is 8.66. The summed E-state index contributed by atoms with van der Waals surface area (Å²) < 4.78 is 13.0. The van der Waals surface area contributed by atoms with E-state index < -0.39 is 5.97 Å². The van der Waals surface area contributed by atoms with Crippen molar-refractivity contribution in [2.75, 3.05) is 0 Å². The Morgan fingerprint density at radius 2 is 1.94 bits per heavy atom. The number of carboxylic acid groups (broad SMARTS) is 1. The van der Waals surface area contributed by atoms with Gasteiger partial charge in [0.2, 0.25) is 0 Å². The third-order valence-electron chi connectivity index (χ3n) is 2.31. The molecule has 0 atom stereocenters. The lowest BCUT2D eigenvalue weighted by Gasteiger charge is -2.00. The Kier molecular flexibility index (Phi) is 3.06. The van der Waals surface area contributed by atoms with Gasteiger partial charge in [0.15, 0.2) is 4.77 Å². The molecule has 0 fully saturated rings. The SMILES string of the molecule is O=C(O)c1[nH]c(=S)[nH]c1Cc1ccc(F)cc1. The summed E-state index contributed by atoms with van der Waals surface area (Å²) in [5.74, 6) is -1.40. The molecule has 1 heterocycles. The van der Waals surface area contributed by atoms with E-state index in [-0.39, 0.29) is 16.3 Å². The van der Waals surface area contributed by atoms with Crippen molar-refractivity contribution < 1.29 is 14.3 Å². The molecule has 0 aliphatic carbocycles. The molecule has 17 heavy (non-hydrogen) atoms. The lowest BCUT2D eigenvalue weighted by molar-refractivity contribution is 0.0690. The van der Waals surface area contributed by atoms with Crippen LogP contribution < -0.4 is 0 Å². The molecule has 1 aromatic carbocycles. The number of H-pyrrole nitrogens is 2. The van der Waals surface area contributed by atoms with E-state index in [4.69, 9.17) is 17.3 Å². The molecule has 0 aliphatic rings. The van der Waals surface area contributed by atoms with Gasteiger partial charge in [-0.25, -0.2) is 9.18 Å². The minimum absolute atomic E-state index is 0.0410. The van der Waals surface area contributed by atoms with Crippen LogP contribution in [0.1, 0.15) is 21.7 Å². The minimum Gasteiger partial charge on any atom is -0.477 e. The summed E-state index contributed by atoms with van der Waals surface area (Å²) in [6.45, 7) is 0. The fourth-order valence-electron chi connectivity index (χ4n) is 1.54. The van der Waals surface area contributed by atoms with Gasteiger partial charge in [0, 0.05) is 6.42 Å². The van der Waals surface area contributed by atoms with Crippen LogP contribution in [0.2, 0.25) is 0 Å². The molecule has 2 aromatic rings. The molecule has 4 nitrogen and oxygen atoms in total. The van der Waals surface area contributed by atoms with Crippen LogP contribution in [0.15, 0.2) is 24.3 Å². The highest BCUT2D eigenvalue weighted by Gasteiger charge is 2.13. The van der Waals surface area contributed by atoms with Gasteiger partial charge in [-0.15, -0.1) is 0 Å². The molecule has 0 saturated carbocycles. The van der Waals surface area contributed by atoms with Crippen LogP contribution in [-0.2, 0) is 6.42 Å². The van der Waals surface area contributed by atoms with E-state index in [1.165, 1.54) is 12.1 Å². The lowest BCUT2D eigenvalue weighted by atomic mass is 10.1. The molecule has 1 aromatic heterocycles. The van der Waals surface area contributed by atoms with Crippen molar-refractivity contribution in [2.45, 2.75) is 6.42 Å². The number of nitrogens with one attached hydrogen (secondary N) is 2. The van der Waals surface area contributed by atoms with Gasteiger partial charge in [-0.3, -0.25) is 0 Å². The van der Waals surface area contributed by atoms with Crippen LogP contribution in [0.3, 0.4) is 0 Å². The second-order valence-corrected chi connectivity index (χ2v) is 3.95. The van der Waals surface area contributed by atoms with Gasteiger partial charge in [0.1, 0.15) is 11.5 Å². The predicted octanol–water partition coefficient (Wildman–Crippen LogP) is 2.50. The molecule has 0 amide bonds. The first-order valence-corrected chi connectivity index (χ1v) is 5.26. The number of hydrogen-bond acceptors (Lipinski definition) is 2. The van der Waals surface area contributed by atoms with Gasteiger partial charge in [0.05, 0.1) is 5.69 Å². The van der Waals surface area contributed by atoms with Gasteiger partial charge in [-0.1, -0.05) is 12.1 Å². The normalized spacial score (nSPS) is 10.4. The standard InChI is InChI=1S/C11H9FN2O2S/c12-7-3-1-6(2-4-7)5-8-9(10(15)16)14-11(17)13-8/h1-4H,5H2,(H,15,16)(H2,13,14,17). The minimum atomic E-state index is -1.07. The predicted molar refractivity (Wildman–Crippen MR) is 62.1 cm³/mol. The highest BCUT2D eigenvalue weighted by molar-refractivity contribution is 7.71. The molecule has 88 valence electrons. The van der Waals surface area contributed by atoms with Crippen molar-refractivity contribution in [3.05, 3.63) is 51.8 Å². The van der Waals surface area contributed by atoms with Crippen molar-refractivity contribution in [1.29, 1.82) is 0 Å². The molecule has 0 bridgehead atoms. The average Bonchev–Trinajstić information content (AvgIpc) is 2.63. The quantitative estimate of drug-likeness (QED) is 0.735. The fraction of sp³-hybridized carbons (Fsp3) is 0.0909. The second kappa shape index (κ2) is 4.50. The first kappa shape index (κ1) is 11.5. The third-order valence-corrected chi connectivity index (χ3v) is 2.52. The number of halogens is 1. The molecule has 3 N–H and O–H groups in total. The van der Waals surface area contributed by atoms with E-state index in [1.54, 1.807) is 12.1 Å². The summed E-state index contributed by atoms with van der Waals surface area (Å²) in [5.41, 5.74) is 1.33. The van der Waals surface area contributed by atoms with Crippen molar-refractivity contribution in [3.8, 4) is 0 Å². The Morgan fingerprint density at radius 1 is 1.29 bits per heavy atom. The summed E-state index contributed by atoms with van der Waals surface area (Å²) in [6, 6.07) is 5.86. The van der Waals surface area contributed by atoms with Crippen LogP contribution in [-0.4, -0.2) is 21.0 Å². The monoisotopic (exact) mass is 252 g/mol. The summed E-state index contributed by atoms with van der Waals surface area (Å²) in [4.78, 5) is 16.3. The van der Waals surface area contributed by atoms with Gasteiger partial charge in [0.25, 0.3) is 0 Å². The first-order chi connectivity index (χ1) is 8.06. The van der Waals surface area contributed by atoms with Gasteiger partial charge < -0.3 is 15.1 Å². The number of rotatable bonds is 3. The Labute approximate surface area is 101 Å². The van der Waals surface area contributed by atoms with E-state index in [1.807, 2.05) is 0 Å². The van der Waals surface area contributed by atoms with Gasteiger partial charge in [-0.05, 0) is 29.9 Å². The van der Waals surface area contributed by atoms with E-state index in [9.17, 15) is 9.18 Å². The van der Waals surface area contributed by atoms with Crippen molar-refractivity contribution in [3.63, 3.8) is 0 Å². The topological polar surface area (TPSA) is 68.9 Å². The Hall–Kier alpha value is -1.95. The highest BCUT2D eigenvalue weighted by Crippen LogP contribution is 2.12. The van der Waals surface area contributed by atoms with E-state index >= 15 is 0 Å². The molecular formula is C11H9FN2O2S. The smallest absolute Gasteiger partial charge is 0.354 e. The molecular weight excluding hydrogens is 243 g/mol. The lowest BCUT2D eigenvalue weighted by Crippen LogP contribution is -2.02. The fourth-order valence-corrected chi connectivity index (χ4v) is 1.77. The zero-order valence-corrected chi connectivity index (χ0v) is 9.47. The molecule has 0 spiro atoms. The van der Waals surface area contributed by atoms with Crippen molar-refractivity contribution in [1.82, 2.24) is 9.97 Å². The van der Waals surface area contributed by atoms with Crippen LogP contribution >= 0.6 is 12.2 Å². The largest absolute Gasteiger partial charge is 0.477 e. The maximum absolute atomic E-state index is 12.7. The van der Waals surface area contributed by atoms with Crippen LogP contribution in [0.4, 0.5) is 4.39 Å². The number of carboxylic acids is 1. The van der Waals surface area contributed by atoms with E-state index in [2.05, 4.69) is 9.97 Å². The number of benzene rings is 1. The highest BCUT2D eigenvalue weighted by atomic mass is 32.1. The number of carbonyl (C=O) groups is 1. The summed E-state index contributed by atoms with van der Waals surface area (Å²) in [7, 11) is 0. The molecule has 0 unspecified atom stereocenters. The number of aromatic carboxylic acids is 1. The first-order valence-electron chi connectivity index (χ1n) is 4.85. The number of hydrogen-bond donors (Lipinski definition) is 3. The Balaban J connectivity index is 2.32. The maximum atomic E-state index is 12.7. The molecule has 2 rings (SSSR count). The van der Waals surface area contributed by atoms with Crippen LogP contribution in [0.5, 0.6) is 0 Å². The maximum Gasteiger partial charge on any atom is 0.354 e. The molecule has 6 heteroatoms. The summed E-state index contributed by atoms with van der Waals surface area (Å²) >= 11 is 4.84. The second-order valence-electron chi connectivity index (χ2n) is 3.54. The van der Waals surface area contributed by atoms with Crippen LogP contribution in [0.25, 0.3) is 0 Å². The van der Waals surface area contributed by atoms with Gasteiger partial charge in [-0.2, -0.15) is 0 Å². The zero-order chi connectivity index (χ0) is 12.4.